The van der Waals surface area contributed by atoms with Gasteiger partial charge in [-0.25, -0.2) is 8.78 Å². The third-order valence-electron chi connectivity index (χ3n) is 0.971. The first-order valence-corrected chi connectivity index (χ1v) is 3.21. The second-order valence-electron chi connectivity index (χ2n) is 1.67. The van der Waals surface area contributed by atoms with Gasteiger partial charge in [0.05, 0.1) is 0 Å². The van der Waals surface area contributed by atoms with E-state index in [0.717, 1.165) is 6.08 Å². The molecule has 1 radical (unpaired) electrons. The lowest BCUT2D eigenvalue weighted by atomic mass is 10.1. The fourth-order valence-corrected chi connectivity index (χ4v) is 0.790. The Hall–Kier alpha value is -0.180. The highest BCUT2D eigenvalue weighted by molar-refractivity contribution is 9.11. The van der Waals surface area contributed by atoms with Gasteiger partial charge >= 0.3 is 0 Å². The molecule has 1 atom stereocenters. The molecule has 0 saturated heterocycles. The molecule has 0 spiro atoms. The summed E-state index contributed by atoms with van der Waals surface area (Å²) >= 11 is 2.92. The molecule has 0 aliphatic heterocycles. The second kappa shape index (κ2) is 2.60. The summed E-state index contributed by atoms with van der Waals surface area (Å²) in [4.78, 5) is 0.365. The minimum Gasteiger partial charge on any atom is -0.241 e. The Morgan fingerprint density at radius 1 is 1.44 bits per heavy atom. The Morgan fingerprint density at radius 3 is 2.56 bits per heavy atom. The highest BCUT2D eigenvalue weighted by Crippen LogP contribution is 2.26. The van der Waals surface area contributed by atoms with E-state index in [-0.39, 0.29) is 0 Å². The topological polar surface area (TPSA) is 0 Å². The fraction of sp³-hybridized carbons (Fsp3) is 0.167. The van der Waals surface area contributed by atoms with Gasteiger partial charge in [-0.05, 0) is 12.2 Å². The molecule has 0 saturated carbocycles. The van der Waals surface area contributed by atoms with E-state index in [1.165, 1.54) is 12.2 Å². The van der Waals surface area contributed by atoms with Crippen molar-refractivity contribution in [1.82, 2.24) is 0 Å². The molecule has 3 heteroatoms. The maximum Gasteiger partial charge on any atom is 0.142 e. The molecule has 0 N–H and O–H groups in total. The van der Waals surface area contributed by atoms with Gasteiger partial charge in [0.25, 0.3) is 0 Å². The predicted octanol–water partition coefficient (Wildman–Crippen LogP) is 2.67. The van der Waals surface area contributed by atoms with Crippen LogP contribution in [0.5, 0.6) is 0 Å². The molecular formula is C6H4BrF2. The fourth-order valence-electron chi connectivity index (χ4n) is 0.526. The highest BCUT2D eigenvalue weighted by Gasteiger charge is 2.17. The van der Waals surface area contributed by atoms with Gasteiger partial charge in [-0.1, -0.05) is 22.0 Å². The molecule has 0 aromatic heterocycles. The van der Waals surface area contributed by atoms with Crippen molar-refractivity contribution in [1.29, 1.82) is 0 Å². The summed E-state index contributed by atoms with van der Waals surface area (Å²) in [7, 11) is 0. The zero-order chi connectivity index (χ0) is 6.85. The summed E-state index contributed by atoms with van der Waals surface area (Å²) in [6.07, 6.45) is 2.17. The van der Waals surface area contributed by atoms with Crippen molar-refractivity contribution >= 4 is 15.9 Å². The largest absolute Gasteiger partial charge is 0.241 e. The third-order valence-corrected chi connectivity index (χ3v) is 1.67. The Labute approximate surface area is 60.4 Å². The SMILES string of the molecule is FC1=CC(F)[C](Br)C=C1. The monoisotopic (exact) mass is 193 g/mol. The Kier molecular flexibility index (Phi) is 2.01. The molecule has 9 heavy (non-hydrogen) atoms. The molecular weight excluding hydrogens is 190 g/mol. The van der Waals surface area contributed by atoms with E-state index >= 15 is 0 Å². The molecule has 1 rings (SSSR count). The van der Waals surface area contributed by atoms with Crippen LogP contribution in [0.2, 0.25) is 0 Å². The van der Waals surface area contributed by atoms with Crippen molar-refractivity contribution in [2.24, 2.45) is 0 Å². The Balaban J connectivity index is 2.70. The van der Waals surface area contributed by atoms with Gasteiger partial charge in [-0.3, -0.25) is 0 Å². The van der Waals surface area contributed by atoms with E-state index in [0.29, 0.717) is 4.83 Å². The average molecular weight is 194 g/mol. The van der Waals surface area contributed by atoms with Crippen LogP contribution in [-0.2, 0) is 0 Å². The minimum absolute atomic E-state index is 0.365. The summed E-state index contributed by atoms with van der Waals surface area (Å²) in [5, 5.41) is 0. The van der Waals surface area contributed by atoms with Gasteiger partial charge in [-0.2, -0.15) is 0 Å². The van der Waals surface area contributed by atoms with E-state index in [4.69, 9.17) is 0 Å². The van der Waals surface area contributed by atoms with E-state index in [9.17, 15) is 8.78 Å². The second-order valence-corrected chi connectivity index (χ2v) is 2.59. The van der Waals surface area contributed by atoms with Crippen LogP contribution in [0.4, 0.5) is 8.78 Å². The van der Waals surface area contributed by atoms with Crippen molar-refractivity contribution in [3.8, 4) is 0 Å². The maximum atomic E-state index is 12.4. The van der Waals surface area contributed by atoms with Crippen LogP contribution >= 0.6 is 15.9 Å². The van der Waals surface area contributed by atoms with Crippen LogP contribution in [0.1, 0.15) is 0 Å². The van der Waals surface area contributed by atoms with Crippen molar-refractivity contribution in [2.45, 2.75) is 6.17 Å². The predicted molar refractivity (Wildman–Crippen MR) is 35.4 cm³/mol. The van der Waals surface area contributed by atoms with Crippen LogP contribution in [0.25, 0.3) is 0 Å². The summed E-state index contributed by atoms with van der Waals surface area (Å²) in [6, 6.07) is 0. The summed E-state index contributed by atoms with van der Waals surface area (Å²) < 4.78 is 24.5. The highest BCUT2D eigenvalue weighted by atomic mass is 79.9. The zero-order valence-corrected chi connectivity index (χ0v) is 6.03. The van der Waals surface area contributed by atoms with Crippen molar-refractivity contribution < 1.29 is 8.78 Å². The van der Waals surface area contributed by atoms with Crippen molar-refractivity contribution in [2.75, 3.05) is 0 Å². The lowest BCUT2D eigenvalue weighted by molar-refractivity contribution is 0.435. The molecule has 0 aromatic carbocycles. The van der Waals surface area contributed by atoms with Gasteiger partial charge in [0.2, 0.25) is 0 Å². The first kappa shape index (κ1) is 6.93. The van der Waals surface area contributed by atoms with Crippen LogP contribution in [0.3, 0.4) is 0 Å². The number of allylic oxidation sites excluding steroid dienone is 4. The minimum atomic E-state index is -1.31. The van der Waals surface area contributed by atoms with E-state index in [2.05, 4.69) is 15.9 Å². The lowest BCUT2D eigenvalue weighted by Crippen LogP contribution is -2.04. The summed E-state index contributed by atoms with van der Waals surface area (Å²) in [6.45, 7) is 0. The number of halogens is 3. The smallest absolute Gasteiger partial charge is 0.142 e. The molecule has 0 aromatic rings. The molecule has 0 amide bonds. The first-order valence-electron chi connectivity index (χ1n) is 2.42. The normalized spacial score (nSPS) is 28.3. The average Bonchev–Trinajstić information content (AvgIpc) is 1.80. The quantitative estimate of drug-likeness (QED) is 0.556. The summed E-state index contributed by atoms with van der Waals surface area (Å²) in [5.41, 5.74) is 0. The van der Waals surface area contributed by atoms with Gasteiger partial charge in [0.1, 0.15) is 16.8 Å². The Morgan fingerprint density at radius 2 is 2.11 bits per heavy atom. The molecule has 49 valence electrons. The van der Waals surface area contributed by atoms with Gasteiger partial charge < -0.3 is 0 Å². The lowest BCUT2D eigenvalue weighted by Gasteiger charge is -2.08. The van der Waals surface area contributed by atoms with Crippen LogP contribution < -0.4 is 0 Å². The Bertz CT molecular complexity index is 162. The van der Waals surface area contributed by atoms with Crippen molar-refractivity contribution in [3.63, 3.8) is 0 Å². The van der Waals surface area contributed by atoms with Gasteiger partial charge in [-0.15, -0.1) is 0 Å². The standard InChI is InChI=1S/C6H4BrF2/c7-5-2-1-4(8)3-6(5)9/h1-3,6H. The molecule has 1 unspecified atom stereocenters. The molecule has 0 bridgehead atoms. The van der Waals surface area contributed by atoms with Crippen LogP contribution in [0, 0.1) is 4.83 Å². The number of rotatable bonds is 0. The van der Waals surface area contributed by atoms with Crippen LogP contribution in [-0.4, -0.2) is 6.17 Å². The number of alkyl halides is 1. The zero-order valence-electron chi connectivity index (χ0n) is 4.44. The molecule has 0 nitrogen and oxygen atoms in total. The van der Waals surface area contributed by atoms with Crippen molar-refractivity contribution in [3.05, 3.63) is 28.9 Å². The number of hydrogen-bond acceptors (Lipinski definition) is 0. The maximum absolute atomic E-state index is 12.4. The van der Waals surface area contributed by atoms with E-state index < -0.39 is 12.0 Å². The molecule has 1 aliphatic rings. The number of hydrogen-bond donors (Lipinski definition) is 0. The van der Waals surface area contributed by atoms with Gasteiger partial charge in [0, 0.05) is 0 Å². The third kappa shape index (κ3) is 1.61. The van der Waals surface area contributed by atoms with Crippen LogP contribution in [0.15, 0.2) is 24.1 Å². The van der Waals surface area contributed by atoms with E-state index in [1.807, 2.05) is 0 Å². The summed E-state index contributed by atoms with van der Waals surface area (Å²) in [5.74, 6) is -0.523. The molecule has 0 fully saturated rings. The molecule has 0 heterocycles. The first-order chi connectivity index (χ1) is 4.20. The van der Waals surface area contributed by atoms with Gasteiger partial charge in [0.15, 0.2) is 0 Å². The molecule has 1 aliphatic carbocycles. The van der Waals surface area contributed by atoms with E-state index in [1.54, 1.807) is 0 Å².